The molecular formula is C25H25N5O2. The molecule has 7 nitrogen and oxygen atoms in total. The quantitative estimate of drug-likeness (QED) is 0.449. The number of hydrogen-bond donors (Lipinski definition) is 3. The van der Waals surface area contributed by atoms with Gasteiger partial charge in [-0.3, -0.25) is 4.79 Å². The Balaban J connectivity index is 1.63. The van der Waals surface area contributed by atoms with Crippen molar-refractivity contribution in [2.75, 3.05) is 25.5 Å². The molecule has 1 unspecified atom stereocenters. The van der Waals surface area contributed by atoms with E-state index in [0.29, 0.717) is 11.1 Å². The fourth-order valence-corrected chi connectivity index (χ4v) is 4.34. The predicted octanol–water partition coefficient (Wildman–Crippen LogP) is 3.72. The number of benzene rings is 3. The summed E-state index contributed by atoms with van der Waals surface area (Å²) in [5.74, 6) is 1.03. The lowest BCUT2D eigenvalue weighted by Crippen LogP contribution is -2.38. The second-order valence-electron chi connectivity index (χ2n) is 8.12. The highest BCUT2D eigenvalue weighted by Crippen LogP contribution is 2.32. The van der Waals surface area contributed by atoms with Crippen LogP contribution in [-0.2, 0) is 0 Å². The number of anilines is 1. The second-order valence-corrected chi connectivity index (χ2v) is 8.12. The average molecular weight is 428 g/mol. The van der Waals surface area contributed by atoms with Crippen LogP contribution in [0.25, 0.3) is 32.8 Å². The molecule has 1 aromatic heterocycles. The lowest BCUT2D eigenvalue weighted by Gasteiger charge is -2.25. The molecule has 3 aromatic carbocycles. The van der Waals surface area contributed by atoms with Crippen LogP contribution in [0.1, 0.15) is 23.2 Å². The van der Waals surface area contributed by atoms with Crippen molar-refractivity contribution in [2.24, 2.45) is 5.73 Å². The van der Waals surface area contributed by atoms with Gasteiger partial charge in [0.1, 0.15) is 17.9 Å². The van der Waals surface area contributed by atoms with E-state index in [-0.39, 0.29) is 6.04 Å². The van der Waals surface area contributed by atoms with Crippen molar-refractivity contribution in [3.05, 3.63) is 60.4 Å². The zero-order valence-corrected chi connectivity index (χ0v) is 17.9. The summed E-state index contributed by atoms with van der Waals surface area (Å²) in [5.41, 5.74) is 8.57. The number of methoxy groups -OCH3 is 1. The molecule has 4 N–H and O–H groups in total. The molecule has 7 heteroatoms. The standard InChI is InChI=1S/C25H25N5O2/c1-32-20-7-6-15-9-16(4-5-17(15)10-20)18-11-21(24(26)31)23-22(12-18)25(29-14-28-23)30-19-3-2-8-27-13-19/h4-7,9-12,14,19,27H,2-3,8,13H2,1H3,(H2,26,31)(H,28,29,30). The Morgan fingerprint density at radius 2 is 1.94 bits per heavy atom. The number of fused-ring (bicyclic) bond motifs is 2. The summed E-state index contributed by atoms with van der Waals surface area (Å²) in [6, 6.07) is 16.3. The number of carbonyl (C=O) groups excluding carboxylic acids is 1. The third-order valence-corrected chi connectivity index (χ3v) is 6.02. The Morgan fingerprint density at radius 1 is 1.09 bits per heavy atom. The van der Waals surface area contributed by atoms with Crippen LogP contribution in [0.3, 0.4) is 0 Å². The van der Waals surface area contributed by atoms with Gasteiger partial charge >= 0.3 is 0 Å². The van der Waals surface area contributed by atoms with Crippen molar-refractivity contribution >= 4 is 33.4 Å². The SMILES string of the molecule is COc1ccc2cc(-c3cc(C(N)=O)c4ncnc(NC5CCCNC5)c4c3)ccc2c1. The van der Waals surface area contributed by atoms with Crippen LogP contribution in [0.5, 0.6) is 5.75 Å². The van der Waals surface area contributed by atoms with Gasteiger partial charge in [0.2, 0.25) is 0 Å². The molecule has 1 amide bonds. The molecule has 1 atom stereocenters. The number of ether oxygens (including phenoxy) is 1. The number of amides is 1. The summed E-state index contributed by atoms with van der Waals surface area (Å²) >= 11 is 0. The topological polar surface area (TPSA) is 102 Å². The molecule has 4 aromatic rings. The van der Waals surface area contributed by atoms with Gasteiger partial charge in [0.15, 0.2) is 0 Å². The van der Waals surface area contributed by atoms with Crippen molar-refractivity contribution < 1.29 is 9.53 Å². The Labute approximate surface area is 186 Å². The minimum atomic E-state index is -0.508. The minimum absolute atomic E-state index is 0.276. The van der Waals surface area contributed by atoms with Crippen molar-refractivity contribution in [3.63, 3.8) is 0 Å². The molecule has 1 saturated heterocycles. The maximum absolute atomic E-state index is 12.3. The summed E-state index contributed by atoms with van der Waals surface area (Å²) < 4.78 is 5.33. The zero-order valence-electron chi connectivity index (χ0n) is 17.9. The highest BCUT2D eigenvalue weighted by atomic mass is 16.5. The smallest absolute Gasteiger partial charge is 0.250 e. The first-order valence-corrected chi connectivity index (χ1v) is 10.8. The summed E-state index contributed by atoms with van der Waals surface area (Å²) in [7, 11) is 1.66. The fraction of sp³-hybridized carbons (Fsp3) is 0.240. The molecule has 162 valence electrons. The molecule has 32 heavy (non-hydrogen) atoms. The van der Waals surface area contributed by atoms with Crippen LogP contribution in [0, 0.1) is 0 Å². The number of primary amides is 1. The van der Waals surface area contributed by atoms with Gasteiger partial charge in [0.05, 0.1) is 18.2 Å². The molecule has 1 aliphatic rings. The molecule has 1 fully saturated rings. The van der Waals surface area contributed by atoms with Crippen LogP contribution < -0.4 is 21.1 Å². The average Bonchev–Trinajstić information content (AvgIpc) is 2.83. The van der Waals surface area contributed by atoms with Crippen molar-refractivity contribution in [2.45, 2.75) is 18.9 Å². The van der Waals surface area contributed by atoms with E-state index in [1.54, 1.807) is 7.11 Å². The first-order valence-electron chi connectivity index (χ1n) is 10.8. The summed E-state index contributed by atoms with van der Waals surface area (Å²) in [6.07, 6.45) is 3.66. The van der Waals surface area contributed by atoms with Crippen LogP contribution in [-0.4, -0.2) is 42.1 Å². The fourth-order valence-electron chi connectivity index (χ4n) is 4.34. The molecule has 2 heterocycles. The van der Waals surface area contributed by atoms with E-state index >= 15 is 0 Å². The van der Waals surface area contributed by atoms with Gasteiger partial charge in [-0.15, -0.1) is 0 Å². The molecule has 0 spiro atoms. The number of aromatic nitrogens is 2. The number of rotatable bonds is 5. The Morgan fingerprint density at radius 3 is 2.72 bits per heavy atom. The van der Waals surface area contributed by atoms with E-state index < -0.39 is 5.91 Å². The summed E-state index contributed by atoms with van der Waals surface area (Å²) in [5, 5.41) is 9.89. The molecule has 0 bridgehead atoms. The zero-order chi connectivity index (χ0) is 22.1. The Kier molecular flexibility index (Phi) is 5.33. The normalized spacial score (nSPS) is 16.2. The lowest BCUT2D eigenvalue weighted by molar-refractivity contribution is 0.100. The van der Waals surface area contributed by atoms with Crippen molar-refractivity contribution in [3.8, 4) is 16.9 Å². The Bertz CT molecular complexity index is 1310. The van der Waals surface area contributed by atoms with Gasteiger partial charge in [-0.05, 0) is 71.6 Å². The molecule has 0 saturated carbocycles. The largest absolute Gasteiger partial charge is 0.497 e. The minimum Gasteiger partial charge on any atom is -0.497 e. The molecule has 5 rings (SSSR count). The van der Waals surface area contributed by atoms with Crippen LogP contribution in [0.15, 0.2) is 54.9 Å². The number of nitrogens with zero attached hydrogens (tertiary/aromatic N) is 2. The number of nitrogens with one attached hydrogen (secondary N) is 2. The highest BCUT2D eigenvalue weighted by molar-refractivity contribution is 6.09. The first kappa shape index (κ1) is 20.2. The van der Waals surface area contributed by atoms with E-state index in [1.807, 2.05) is 36.4 Å². The van der Waals surface area contributed by atoms with E-state index in [1.165, 1.54) is 6.33 Å². The van der Waals surface area contributed by atoms with Gasteiger partial charge in [-0.1, -0.05) is 18.2 Å². The predicted molar refractivity (Wildman–Crippen MR) is 127 cm³/mol. The Hall–Kier alpha value is -3.71. The molecular weight excluding hydrogens is 402 g/mol. The third kappa shape index (κ3) is 3.83. The third-order valence-electron chi connectivity index (χ3n) is 6.02. The van der Waals surface area contributed by atoms with Gasteiger partial charge in [-0.2, -0.15) is 0 Å². The van der Waals surface area contributed by atoms with Gasteiger partial charge in [0.25, 0.3) is 5.91 Å². The van der Waals surface area contributed by atoms with Crippen molar-refractivity contribution in [1.29, 1.82) is 0 Å². The first-order chi connectivity index (χ1) is 15.6. The molecule has 1 aliphatic heterocycles. The monoisotopic (exact) mass is 427 g/mol. The number of carbonyl (C=O) groups is 1. The maximum Gasteiger partial charge on any atom is 0.250 e. The maximum atomic E-state index is 12.3. The van der Waals surface area contributed by atoms with E-state index in [2.05, 4.69) is 32.7 Å². The van der Waals surface area contributed by atoms with E-state index in [9.17, 15) is 4.79 Å². The number of hydrogen-bond acceptors (Lipinski definition) is 6. The molecule has 0 aliphatic carbocycles. The lowest BCUT2D eigenvalue weighted by atomic mass is 9.97. The summed E-state index contributed by atoms with van der Waals surface area (Å²) in [6.45, 7) is 1.91. The van der Waals surface area contributed by atoms with Crippen LogP contribution in [0.2, 0.25) is 0 Å². The van der Waals surface area contributed by atoms with Gasteiger partial charge in [0, 0.05) is 18.0 Å². The summed E-state index contributed by atoms with van der Waals surface area (Å²) in [4.78, 5) is 21.2. The van der Waals surface area contributed by atoms with Crippen LogP contribution in [0.4, 0.5) is 5.82 Å². The van der Waals surface area contributed by atoms with Gasteiger partial charge < -0.3 is 21.1 Å². The van der Waals surface area contributed by atoms with Gasteiger partial charge in [-0.25, -0.2) is 9.97 Å². The number of piperidine rings is 1. The number of nitrogens with two attached hydrogens (primary N) is 1. The van der Waals surface area contributed by atoms with E-state index in [0.717, 1.165) is 64.8 Å². The second kappa shape index (κ2) is 8.43. The highest BCUT2D eigenvalue weighted by Gasteiger charge is 2.18. The molecule has 0 radical (unpaired) electrons. The van der Waals surface area contributed by atoms with Crippen molar-refractivity contribution in [1.82, 2.24) is 15.3 Å². The van der Waals surface area contributed by atoms with E-state index in [4.69, 9.17) is 10.5 Å². The van der Waals surface area contributed by atoms with Crippen LogP contribution >= 0.6 is 0 Å².